The maximum absolute atomic E-state index is 9.55. The summed E-state index contributed by atoms with van der Waals surface area (Å²) in [6.07, 6.45) is 2.92. The molecular formula is C18H26N4O5S. The fourth-order valence-electron chi connectivity index (χ4n) is 2.36. The first kappa shape index (κ1) is 23.6. The largest absolute Gasteiger partial charge is 0.478 e. The van der Waals surface area contributed by atoms with E-state index >= 15 is 0 Å². The number of aromatic nitrogens is 1. The molecule has 10 heteroatoms. The summed E-state index contributed by atoms with van der Waals surface area (Å²) in [7, 11) is 4.03. The van der Waals surface area contributed by atoms with E-state index in [0.29, 0.717) is 12.2 Å². The van der Waals surface area contributed by atoms with E-state index in [-0.39, 0.29) is 6.04 Å². The number of nitrogens with one attached hydrogen (secondary N) is 1. The third-order valence-electron chi connectivity index (χ3n) is 3.68. The van der Waals surface area contributed by atoms with Crippen molar-refractivity contribution < 1.29 is 24.5 Å². The van der Waals surface area contributed by atoms with Gasteiger partial charge in [-0.1, -0.05) is 18.3 Å². The predicted molar refractivity (Wildman–Crippen MR) is 108 cm³/mol. The van der Waals surface area contributed by atoms with E-state index in [2.05, 4.69) is 20.1 Å². The molecule has 1 atom stereocenters. The average molecular weight is 410 g/mol. The zero-order valence-corrected chi connectivity index (χ0v) is 16.8. The molecule has 28 heavy (non-hydrogen) atoms. The topological polar surface area (TPSA) is 115 Å². The quantitative estimate of drug-likeness (QED) is 0.436. The molecule has 154 valence electrons. The summed E-state index contributed by atoms with van der Waals surface area (Å²) >= 11 is 5.55. The summed E-state index contributed by atoms with van der Waals surface area (Å²) in [5, 5.41) is 19.0. The van der Waals surface area contributed by atoms with Crippen LogP contribution in [0.2, 0.25) is 0 Å². The highest BCUT2D eigenvalue weighted by molar-refractivity contribution is 7.80. The van der Waals surface area contributed by atoms with Crippen molar-refractivity contribution in [3.05, 3.63) is 42.2 Å². The molecule has 1 aromatic rings. The van der Waals surface area contributed by atoms with E-state index in [4.69, 9.17) is 27.2 Å². The van der Waals surface area contributed by atoms with Gasteiger partial charge in [0.15, 0.2) is 0 Å². The second-order valence-electron chi connectivity index (χ2n) is 6.06. The smallest absolute Gasteiger partial charge is 0.328 e. The molecule has 3 N–H and O–H groups in total. The number of morpholine rings is 1. The van der Waals surface area contributed by atoms with Gasteiger partial charge < -0.3 is 20.3 Å². The van der Waals surface area contributed by atoms with Crippen molar-refractivity contribution >= 4 is 29.1 Å². The number of likely N-dealkylation sites (N-methyl/N-ethyl adjacent to an activating group) is 1. The molecule has 0 radical (unpaired) electrons. The highest BCUT2D eigenvalue weighted by Crippen LogP contribution is 2.16. The normalized spacial score (nSPS) is 15.5. The van der Waals surface area contributed by atoms with Crippen molar-refractivity contribution in [1.29, 1.82) is 0 Å². The Kier molecular flexibility index (Phi) is 10.9. The van der Waals surface area contributed by atoms with Crippen molar-refractivity contribution in [3.63, 3.8) is 0 Å². The van der Waals surface area contributed by atoms with Crippen molar-refractivity contribution in [3.8, 4) is 0 Å². The Morgan fingerprint density at radius 2 is 1.89 bits per heavy atom. The molecule has 0 aromatic carbocycles. The van der Waals surface area contributed by atoms with Crippen molar-refractivity contribution in [2.75, 3.05) is 47.1 Å². The lowest BCUT2D eigenvalue weighted by Gasteiger charge is -2.30. The number of hydrogen-bond acceptors (Lipinski definition) is 7. The standard InChI is InChI=1S/C14H22N4OS.C4H4O4/c1-17(2)13(12-5-3-4-6-15-12)14(20)16-11-18-7-9-19-10-8-18;5-3(6)1-2-4(7)8/h3-6,13H,7-11H2,1-2H3,(H,16,20);1-2H,(H,5,6)(H,7,8). The van der Waals surface area contributed by atoms with Crippen LogP contribution in [-0.4, -0.2) is 89.0 Å². The number of ether oxygens (including phenoxy) is 1. The Morgan fingerprint density at radius 1 is 1.29 bits per heavy atom. The van der Waals surface area contributed by atoms with Gasteiger partial charge in [0.05, 0.1) is 30.6 Å². The molecule has 1 aliphatic heterocycles. The van der Waals surface area contributed by atoms with Crippen molar-refractivity contribution in [2.24, 2.45) is 0 Å². The van der Waals surface area contributed by atoms with Crippen LogP contribution in [0, 0.1) is 0 Å². The lowest BCUT2D eigenvalue weighted by molar-refractivity contribution is -0.134. The Hall–Kier alpha value is -2.40. The van der Waals surface area contributed by atoms with Gasteiger partial charge >= 0.3 is 11.9 Å². The van der Waals surface area contributed by atoms with Gasteiger partial charge in [0, 0.05) is 31.4 Å². The molecule has 0 spiro atoms. The van der Waals surface area contributed by atoms with Gasteiger partial charge in [-0.25, -0.2) is 9.59 Å². The maximum atomic E-state index is 9.55. The van der Waals surface area contributed by atoms with E-state index in [1.807, 2.05) is 32.3 Å². The van der Waals surface area contributed by atoms with Crippen LogP contribution in [0.4, 0.5) is 0 Å². The van der Waals surface area contributed by atoms with Crippen LogP contribution in [0.25, 0.3) is 0 Å². The zero-order chi connectivity index (χ0) is 20.9. The molecule has 0 amide bonds. The fraction of sp³-hybridized carbons (Fsp3) is 0.444. The number of carbonyl (C=O) groups is 2. The summed E-state index contributed by atoms with van der Waals surface area (Å²) in [5.74, 6) is -2.51. The Labute approximate surface area is 169 Å². The van der Waals surface area contributed by atoms with Gasteiger partial charge in [0.2, 0.25) is 0 Å². The number of rotatable bonds is 7. The molecule has 9 nitrogen and oxygen atoms in total. The van der Waals surface area contributed by atoms with Gasteiger partial charge in [-0.3, -0.25) is 14.8 Å². The minimum absolute atomic E-state index is 0.00670. The minimum atomic E-state index is -1.26. The molecule has 0 bridgehead atoms. The van der Waals surface area contributed by atoms with Crippen LogP contribution >= 0.6 is 12.2 Å². The maximum Gasteiger partial charge on any atom is 0.328 e. The Morgan fingerprint density at radius 3 is 2.36 bits per heavy atom. The molecule has 1 saturated heterocycles. The molecule has 0 aliphatic carbocycles. The van der Waals surface area contributed by atoms with Gasteiger partial charge in [0.1, 0.15) is 6.04 Å². The first-order valence-electron chi connectivity index (χ1n) is 8.60. The van der Waals surface area contributed by atoms with E-state index in [1.54, 1.807) is 6.20 Å². The third kappa shape index (κ3) is 9.51. The number of hydrogen-bond donors (Lipinski definition) is 3. The number of carboxylic acid groups (broad SMARTS) is 2. The molecule has 1 fully saturated rings. The summed E-state index contributed by atoms with van der Waals surface area (Å²) in [5.41, 5.74) is 0.969. The van der Waals surface area contributed by atoms with E-state index in [0.717, 1.165) is 43.7 Å². The SMILES string of the molecule is CN(C)C(C(=S)NCN1CCOCC1)c1ccccn1.O=C(O)C=CC(=O)O. The number of carboxylic acids is 2. The Balaban J connectivity index is 0.000000416. The lowest BCUT2D eigenvalue weighted by atomic mass is 10.1. The fourth-order valence-corrected chi connectivity index (χ4v) is 2.76. The van der Waals surface area contributed by atoms with E-state index in [1.165, 1.54) is 0 Å². The Bertz CT molecular complexity index is 647. The molecule has 2 rings (SSSR count). The molecule has 1 aromatic heterocycles. The average Bonchev–Trinajstić information content (AvgIpc) is 2.67. The zero-order valence-electron chi connectivity index (χ0n) is 15.9. The third-order valence-corrected chi connectivity index (χ3v) is 4.05. The molecule has 1 unspecified atom stereocenters. The van der Waals surface area contributed by atoms with Crippen LogP contribution in [0.15, 0.2) is 36.5 Å². The monoisotopic (exact) mass is 410 g/mol. The van der Waals surface area contributed by atoms with Crippen LogP contribution < -0.4 is 5.32 Å². The lowest BCUT2D eigenvalue weighted by Crippen LogP contribution is -2.46. The highest BCUT2D eigenvalue weighted by Gasteiger charge is 2.21. The first-order valence-corrected chi connectivity index (χ1v) is 9.01. The van der Waals surface area contributed by atoms with Crippen LogP contribution in [0.1, 0.15) is 11.7 Å². The number of aliphatic carboxylic acids is 2. The van der Waals surface area contributed by atoms with E-state index < -0.39 is 11.9 Å². The van der Waals surface area contributed by atoms with Crippen LogP contribution in [-0.2, 0) is 14.3 Å². The van der Waals surface area contributed by atoms with Gasteiger partial charge in [-0.2, -0.15) is 0 Å². The van der Waals surface area contributed by atoms with Gasteiger partial charge in [-0.15, -0.1) is 0 Å². The van der Waals surface area contributed by atoms with Crippen LogP contribution in [0.3, 0.4) is 0 Å². The molecule has 1 aliphatic rings. The van der Waals surface area contributed by atoms with Crippen LogP contribution in [0.5, 0.6) is 0 Å². The van der Waals surface area contributed by atoms with Crippen molar-refractivity contribution in [1.82, 2.24) is 20.1 Å². The second kappa shape index (κ2) is 12.9. The number of nitrogens with zero attached hydrogens (tertiary/aromatic N) is 3. The molecule has 0 saturated carbocycles. The van der Waals surface area contributed by atoms with Crippen molar-refractivity contribution in [2.45, 2.75) is 6.04 Å². The number of thiocarbonyl (C=S) groups is 1. The summed E-state index contributed by atoms with van der Waals surface area (Å²) < 4.78 is 5.34. The van der Waals surface area contributed by atoms with E-state index in [9.17, 15) is 9.59 Å². The van der Waals surface area contributed by atoms with Gasteiger partial charge in [0.25, 0.3) is 0 Å². The summed E-state index contributed by atoms with van der Waals surface area (Å²) in [4.78, 5) is 28.7. The highest BCUT2D eigenvalue weighted by atomic mass is 32.1. The predicted octanol–water partition coefficient (Wildman–Crippen LogP) is 0.603. The van der Waals surface area contributed by atoms with Gasteiger partial charge in [-0.05, 0) is 26.2 Å². The summed E-state index contributed by atoms with van der Waals surface area (Å²) in [6, 6.07) is 5.92. The minimum Gasteiger partial charge on any atom is -0.478 e. The number of pyridine rings is 1. The molecular weight excluding hydrogens is 384 g/mol. The molecule has 2 heterocycles. The first-order chi connectivity index (χ1) is 13.3. The second-order valence-corrected chi connectivity index (χ2v) is 6.50. The summed E-state index contributed by atoms with van der Waals surface area (Å²) in [6.45, 7) is 4.26.